The molecule has 6 nitrogen and oxygen atoms in total. The first-order valence-corrected chi connectivity index (χ1v) is 5.66. The highest BCUT2D eigenvalue weighted by Crippen LogP contribution is 2.12. The predicted octanol–water partition coefficient (Wildman–Crippen LogP) is 0.801. The second kappa shape index (κ2) is 5.42. The number of aromatic nitrogens is 3. The molecule has 0 bridgehead atoms. The van der Waals surface area contributed by atoms with E-state index in [1.165, 1.54) is 6.33 Å². The van der Waals surface area contributed by atoms with Crippen LogP contribution in [0.2, 0.25) is 0 Å². The van der Waals surface area contributed by atoms with Crippen molar-refractivity contribution in [3.8, 4) is 5.69 Å². The normalized spacial score (nSPS) is 12.1. The molecule has 0 spiro atoms. The number of nitrogens with one attached hydrogen (secondary N) is 1. The van der Waals surface area contributed by atoms with Gasteiger partial charge in [-0.25, -0.2) is 9.67 Å². The summed E-state index contributed by atoms with van der Waals surface area (Å²) in [4.78, 5) is 15.5. The molecule has 18 heavy (non-hydrogen) atoms. The Balaban J connectivity index is 2.06. The van der Waals surface area contributed by atoms with Crippen molar-refractivity contribution in [2.24, 2.45) is 11.7 Å². The first-order chi connectivity index (χ1) is 8.70. The van der Waals surface area contributed by atoms with Crippen molar-refractivity contribution < 1.29 is 4.79 Å². The number of carbonyl (C=O) groups is 1. The van der Waals surface area contributed by atoms with Crippen molar-refractivity contribution in [1.29, 1.82) is 0 Å². The molecule has 1 aromatic carbocycles. The summed E-state index contributed by atoms with van der Waals surface area (Å²) in [6.45, 7) is 2.13. The first-order valence-electron chi connectivity index (χ1n) is 5.66. The van der Waals surface area contributed by atoms with E-state index in [2.05, 4.69) is 15.4 Å². The standard InChI is InChI=1S/C12H15N5O/c1-9(6-13)12(18)16-10-2-4-11(5-3-10)17-8-14-7-15-17/h2-5,7-9H,6,13H2,1H3,(H,16,18). The van der Waals surface area contributed by atoms with E-state index in [4.69, 9.17) is 5.73 Å². The summed E-state index contributed by atoms with van der Waals surface area (Å²) >= 11 is 0. The Bertz CT molecular complexity index is 506. The maximum absolute atomic E-state index is 11.6. The number of anilines is 1. The van der Waals surface area contributed by atoms with Gasteiger partial charge in [-0.05, 0) is 24.3 Å². The highest BCUT2D eigenvalue weighted by Gasteiger charge is 2.10. The third-order valence-corrected chi connectivity index (χ3v) is 2.62. The van der Waals surface area contributed by atoms with E-state index in [0.717, 1.165) is 11.4 Å². The van der Waals surface area contributed by atoms with Crippen LogP contribution in [0.25, 0.3) is 5.69 Å². The van der Waals surface area contributed by atoms with Gasteiger partial charge >= 0.3 is 0 Å². The molecule has 0 saturated carbocycles. The molecular formula is C12H15N5O. The van der Waals surface area contributed by atoms with Gasteiger partial charge in [0.2, 0.25) is 5.91 Å². The summed E-state index contributed by atoms with van der Waals surface area (Å²) in [5.74, 6) is -0.272. The summed E-state index contributed by atoms with van der Waals surface area (Å²) in [7, 11) is 0. The largest absolute Gasteiger partial charge is 0.330 e. The Morgan fingerprint density at radius 3 is 2.72 bits per heavy atom. The van der Waals surface area contributed by atoms with E-state index in [1.807, 2.05) is 24.3 Å². The van der Waals surface area contributed by atoms with Gasteiger partial charge in [-0.1, -0.05) is 6.92 Å². The van der Waals surface area contributed by atoms with Crippen LogP contribution in [-0.4, -0.2) is 27.2 Å². The fourth-order valence-electron chi connectivity index (χ4n) is 1.41. The van der Waals surface area contributed by atoms with Crippen LogP contribution in [0, 0.1) is 5.92 Å². The third kappa shape index (κ3) is 2.72. The predicted molar refractivity (Wildman–Crippen MR) is 68.2 cm³/mol. The van der Waals surface area contributed by atoms with Crippen LogP contribution in [0.1, 0.15) is 6.92 Å². The van der Waals surface area contributed by atoms with Crippen molar-refractivity contribution in [3.63, 3.8) is 0 Å². The molecule has 0 fully saturated rings. The van der Waals surface area contributed by atoms with Crippen molar-refractivity contribution in [2.75, 3.05) is 11.9 Å². The molecule has 3 N–H and O–H groups in total. The molecule has 94 valence electrons. The second-order valence-corrected chi connectivity index (χ2v) is 4.01. The van der Waals surface area contributed by atoms with Crippen molar-refractivity contribution in [1.82, 2.24) is 14.8 Å². The van der Waals surface area contributed by atoms with Gasteiger partial charge in [0.1, 0.15) is 12.7 Å². The number of nitrogens with two attached hydrogens (primary N) is 1. The lowest BCUT2D eigenvalue weighted by atomic mass is 10.1. The molecule has 2 rings (SSSR count). The topological polar surface area (TPSA) is 85.8 Å². The van der Waals surface area contributed by atoms with E-state index in [9.17, 15) is 4.79 Å². The zero-order valence-corrected chi connectivity index (χ0v) is 10.1. The SMILES string of the molecule is CC(CN)C(=O)Nc1ccc(-n2cncn2)cc1. The van der Waals surface area contributed by atoms with Crippen molar-refractivity contribution >= 4 is 11.6 Å². The van der Waals surface area contributed by atoms with E-state index >= 15 is 0 Å². The van der Waals surface area contributed by atoms with Gasteiger partial charge in [-0.3, -0.25) is 4.79 Å². The summed E-state index contributed by atoms with van der Waals surface area (Å²) in [6.07, 6.45) is 3.09. The monoisotopic (exact) mass is 245 g/mol. The molecular weight excluding hydrogens is 230 g/mol. The molecule has 0 aliphatic rings. The average molecular weight is 245 g/mol. The zero-order chi connectivity index (χ0) is 13.0. The molecule has 1 atom stereocenters. The number of amides is 1. The highest BCUT2D eigenvalue weighted by molar-refractivity contribution is 5.92. The van der Waals surface area contributed by atoms with Crippen LogP contribution in [0.15, 0.2) is 36.9 Å². The molecule has 0 aliphatic carbocycles. The Labute approximate surface area is 105 Å². The second-order valence-electron chi connectivity index (χ2n) is 4.01. The molecule has 2 aromatic rings. The maximum Gasteiger partial charge on any atom is 0.228 e. The summed E-state index contributed by atoms with van der Waals surface area (Å²) in [5, 5.41) is 6.82. The van der Waals surface area contributed by atoms with Crippen LogP contribution in [0.4, 0.5) is 5.69 Å². The molecule has 1 amide bonds. The summed E-state index contributed by atoms with van der Waals surface area (Å²) < 4.78 is 1.65. The minimum absolute atomic E-state index is 0.0778. The van der Waals surface area contributed by atoms with E-state index in [1.54, 1.807) is 17.9 Å². The fraction of sp³-hybridized carbons (Fsp3) is 0.250. The van der Waals surface area contributed by atoms with Crippen molar-refractivity contribution in [2.45, 2.75) is 6.92 Å². The van der Waals surface area contributed by atoms with Crippen LogP contribution in [0.5, 0.6) is 0 Å². The molecule has 0 radical (unpaired) electrons. The van der Waals surface area contributed by atoms with Crippen molar-refractivity contribution in [3.05, 3.63) is 36.9 Å². The molecule has 6 heteroatoms. The van der Waals surface area contributed by atoms with Gasteiger partial charge in [0.25, 0.3) is 0 Å². The Morgan fingerprint density at radius 1 is 1.44 bits per heavy atom. The summed E-state index contributed by atoms with van der Waals surface area (Å²) in [6, 6.07) is 7.35. The minimum Gasteiger partial charge on any atom is -0.330 e. The number of rotatable bonds is 4. The maximum atomic E-state index is 11.6. The van der Waals surface area contributed by atoms with Crippen LogP contribution in [0.3, 0.4) is 0 Å². The molecule has 1 aromatic heterocycles. The zero-order valence-electron chi connectivity index (χ0n) is 10.1. The number of hydrogen-bond donors (Lipinski definition) is 2. The number of carbonyl (C=O) groups excluding carboxylic acids is 1. The molecule has 0 aliphatic heterocycles. The van der Waals surface area contributed by atoms with Gasteiger partial charge in [0.05, 0.1) is 5.69 Å². The lowest BCUT2D eigenvalue weighted by Crippen LogP contribution is -2.26. The van der Waals surface area contributed by atoms with Crippen LogP contribution in [-0.2, 0) is 4.79 Å². The quantitative estimate of drug-likeness (QED) is 0.834. The Kier molecular flexibility index (Phi) is 3.69. The van der Waals surface area contributed by atoms with Gasteiger partial charge in [0, 0.05) is 18.2 Å². The van der Waals surface area contributed by atoms with Gasteiger partial charge in [-0.2, -0.15) is 5.10 Å². The van der Waals surface area contributed by atoms with Crippen LogP contribution >= 0.6 is 0 Å². The average Bonchev–Trinajstić information content (AvgIpc) is 2.92. The summed E-state index contributed by atoms with van der Waals surface area (Å²) in [5.41, 5.74) is 7.06. The van der Waals surface area contributed by atoms with Crippen LogP contribution < -0.4 is 11.1 Å². The van der Waals surface area contributed by atoms with E-state index in [-0.39, 0.29) is 11.8 Å². The molecule has 1 heterocycles. The Hall–Kier alpha value is -2.21. The van der Waals surface area contributed by atoms with Gasteiger partial charge in [0.15, 0.2) is 0 Å². The lowest BCUT2D eigenvalue weighted by molar-refractivity contribution is -0.119. The van der Waals surface area contributed by atoms with E-state index < -0.39 is 0 Å². The first kappa shape index (κ1) is 12.3. The lowest BCUT2D eigenvalue weighted by Gasteiger charge is -2.10. The van der Waals surface area contributed by atoms with Gasteiger partial charge in [-0.15, -0.1) is 0 Å². The number of nitrogens with zero attached hydrogens (tertiary/aromatic N) is 3. The number of benzene rings is 1. The van der Waals surface area contributed by atoms with Gasteiger partial charge < -0.3 is 11.1 Å². The third-order valence-electron chi connectivity index (χ3n) is 2.62. The molecule has 0 saturated heterocycles. The highest BCUT2D eigenvalue weighted by atomic mass is 16.1. The minimum atomic E-state index is -0.194. The Morgan fingerprint density at radius 2 is 2.17 bits per heavy atom. The molecule has 1 unspecified atom stereocenters. The fourth-order valence-corrected chi connectivity index (χ4v) is 1.41. The van der Waals surface area contributed by atoms with E-state index in [0.29, 0.717) is 6.54 Å². The smallest absolute Gasteiger partial charge is 0.228 e. The number of hydrogen-bond acceptors (Lipinski definition) is 4.